The van der Waals surface area contributed by atoms with Crippen molar-refractivity contribution in [3.63, 3.8) is 0 Å². The number of hydrogen-bond acceptors (Lipinski definition) is 6. The van der Waals surface area contributed by atoms with Crippen LogP contribution in [0, 0.1) is 0 Å². The third-order valence-electron chi connectivity index (χ3n) is 2.78. The number of methoxy groups -OCH3 is 1. The van der Waals surface area contributed by atoms with E-state index in [-0.39, 0.29) is 11.6 Å². The Morgan fingerprint density at radius 1 is 1.50 bits per heavy atom. The Labute approximate surface area is 106 Å². The van der Waals surface area contributed by atoms with Crippen molar-refractivity contribution in [1.82, 2.24) is 15.0 Å². The summed E-state index contributed by atoms with van der Waals surface area (Å²) in [4.78, 5) is 22.5. The largest absolute Gasteiger partial charge is 0.490 e. The van der Waals surface area contributed by atoms with Crippen molar-refractivity contribution in [1.29, 1.82) is 0 Å². The Balaban J connectivity index is 2.02. The van der Waals surface area contributed by atoms with Crippen molar-refractivity contribution in [3.8, 4) is 22.5 Å². The van der Waals surface area contributed by atoms with Gasteiger partial charge < -0.3 is 14.8 Å². The molecule has 3 rings (SSSR count). The summed E-state index contributed by atoms with van der Waals surface area (Å²) < 4.78 is 4.75. The van der Waals surface area contributed by atoms with Gasteiger partial charge in [-0.3, -0.25) is 4.79 Å². The van der Waals surface area contributed by atoms with Crippen molar-refractivity contribution < 1.29 is 9.84 Å². The first-order valence-electron chi connectivity index (χ1n) is 5.52. The minimum Gasteiger partial charge on any atom is -0.490 e. The summed E-state index contributed by atoms with van der Waals surface area (Å²) >= 11 is 1.41. The van der Waals surface area contributed by atoms with Crippen LogP contribution in [0.4, 0.5) is 0 Å². The zero-order valence-electron chi connectivity index (χ0n) is 9.64. The number of aromatic nitrogens is 3. The van der Waals surface area contributed by atoms with E-state index in [0.29, 0.717) is 10.9 Å². The number of nitrogens with zero attached hydrogens (tertiary/aromatic N) is 2. The Morgan fingerprint density at radius 2 is 2.28 bits per heavy atom. The molecule has 0 amide bonds. The lowest BCUT2D eigenvalue weighted by molar-refractivity contribution is 0.357. The van der Waals surface area contributed by atoms with Gasteiger partial charge in [0.05, 0.1) is 12.8 Å². The monoisotopic (exact) mass is 265 g/mol. The minimum absolute atomic E-state index is 0.183. The van der Waals surface area contributed by atoms with Gasteiger partial charge in [0.15, 0.2) is 10.8 Å². The number of thiazole rings is 1. The third kappa shape index (κ3) is 1.86. The van der Waals surface area contributed by atoms with Crippen LogP contribution < -0.4 is 10.3 Å². The smallest absolute Gasteiger partial charge is 0.297 e. The minimum atomic E-state index is -0.511. The second-order valence-electron chi connectivity index (χ2n) is 4.12. The van der Waals surface area contributed by atoms with Gasteiger partial charge in [-0.25, -0.2) is 4.98 Å². The van der Waals surface area contributed by atoms with Crippen molar-refractivity contribution in [3.05, 3.63) is 21.4 Å². The number of aromatic amines is 1. The quantitative estimate of drug-likeness (QED) is 0.877. The zero-order chi connectivity index (χ0) is 12.7. The summed E-state index contributed by atoms with van der Waals surface area (Å²) in [6.45, 7) is 0. The molecule has 2 aromatic heterocycles. The van der Waals surface area contributed by atoms with Crippen LogP contribution in [0.15, 0.2) is 10.2 Å². The lowest BCUT2D eigenvalue weighted by atomic mass is 10.3. The highest BCUT2D eigenvalue weighted by molar-refractivity contribution is 7.13. The maximum Gasteiger partial charge on any atom is 0.297 e. The molecule has 0 saturated heterocycles. The van der Waals surface area contributed by atoms with E-state index in [0.717, 1.165) is 5.69 Å². The number of aromatic hydroxyl groups is 1. The van der Waals surface area contributed by atoms with E-state index in [1.807, 2.05) is 5.38 Å². The molecule has 0 unspecified atom stereocenters. The number of nitrogens with one attached hydrogen (secondary N) is 1. The molecule has 1 saturated carbocycles. The van der Waals surface area contributed by atoms with Crippen LogP contribution in [0.25, 0.3) is 10.8 Å². The number of rotatable bonds is 3. The Kier molecular flexibility index (Phi) is 2.55. The molecule has 94 valence electrons. The van der Waals surface area contributed by atoms with Gasteiger partial charge in [0.25, 0.3) is 11.4 Å². The fraction of sp³-hybridized carbons (Fsp3) is 0.364. The second kappa shape index (κ2) is 4.09. The normalized spacial score (nSPS) is 14.7. The fourth-order valence-electron chi connectivity index (χ4n) is 1.70. The van der Waals surface area contributed by atoms with Gasteiger partial charge in [-0.15, -0.1) is 11.3 Å². The van der Waals surface area contributed by atoms with Gasteiger partial charge in [-0.1, -0.05) is 0 Å². The molecule has 1 fully saturated rings. The Hall–Kier alpha value is -1.89. The standard InChI is InChI=1S/C11H11N3O3S/c1-17-7-9(15)13-8(14-10(7)16)11-12-6(4-18-11)5-2-3-5/h4-5H,2-3H2,1H3,(H2,13,14,15,16). The van der Waals surface area contributed by atoms with Crippen LogP contribution in [0.5, 0.6) is 11.6 Å². The van der Waals surface area contributed by atoms with Gasteiger partial charge in [0, 0.05) is 11.3 Å². The molecule has 2 N–H and O–H groups in total. The lowest BCUT2D eigenvalue weighted by Gasteiger charge is -2.02. The van der Waals surface area contributed by atoms with E-state index < -0.39 is 11.4 Å². The van der Waals surface area contributed by atoms with E-state index in [1.54, 1.807) is 0 Å². The van der Waals surface area contributed by atoms with Gasteiger partial charge in [-0.2, -0.15) is 4.98 Å². The summed E-state index contributed by atoms with van der Waals surface area (Å²) in [5, 5.41) is 12.2. The number of hydrogen-bond donors (Lipinski definition) is 2. The van der Waals surface area contributed by atoms with E-state index >= 15 is 0 Å². The van der Waals surface area contributed by atoms with Crippen molar-refractivity contribution in [2.24, 2.45) is 0 Å². The second-order valence-corrected chi connectivity index (χ2v) is 4.98. The first-order valence-corrected chi connectivity index (χ1v) is 6.40. The molecule has 0 aromatic carbocycles. The molecule has 6 nitrogen and oxygen atoms in total. The predicted molar refractivity (Wildman–Crippen MR) is 66.2 cm³/mol. The number of ether oxygens (including phenoxy) is 1. The fourth-order valence-corrected chi connectivity index (χ4v) is 2.54. The van der Waals surface area contributed by atoms with Crippen molar-refractivity contribution in [2.45, 2.75) is 18.8 Å². The summed E-state index contributed by atoms with van der Waals surface area (Å²) in [6, 6.07) is 0. The summed E-state index contributed by atoms with van der Waals surface area (Å²) in [5.41, 5.74) is 0.524. The summed E-state index contributed by atoms with van der Waals surface area (Å²) in [6.07, 6.45) is 2.34. The Bertz CT molecular complexity index is 645. The molecule has 7 heteroatoms. The maximum atomic E-state index is 11.6. The highest BCUT2D eigenvalue weighted by Gasteiger charge is 2.26. The first kappa shape index (κ1) is 11.2. The molecular formula is C11H11N3O3S. The lowest BCUT2D eigenvalue weighted by Crippen LogP contribution is -2.11. The molecule has 0 spiro atoms. The van der Waals surface area contributed by atoms with E-state index in [4.69, 9.17) is 4.74 Å². The number of H-pyrrole nitrogens is 1. The first-order chi connectivity index (χ1) is 8.69. The molecule has 0 aliphatic heterocycles. The molecule has 18 heavy (non-hydrogen) atoms. The van der Waals surface area contributed by atoms with E-state index in [1.165, 1.54) is 31.3 Å². The van der Waals surface area contributed by atoms with Crippen LogP contribution in [-0.4, -0.2) is 27.2 Å². The molecule has 1 aliphatic carbocycles. The van der Waals surface area contributed by atoms with Crippen LogP contribution in [0.1, 0.15) is 24.5 Å². The molecule has 2 aromatic rings. The van der Waals surface area contributed by atoms with Crippen molar-refractivity contribution in [2.75, 3.05) is 7.11 Å². The zero-order valence-corrected chi connectivity index (χ0v) is 10.5. The van der Waals surface area contributed by atoms with Gasteiger partial charge in [0.1, 0.15) is 0 Å². The third-order valence-corrected chi connectivity index (χ3v) is 3.65. The van der Waals surface area contributed by atoms with Crippen LogP contribution in [-0.2, 0) is 0 Å². The van der Waals surface area contributed by atoms with E-state index in [2.05, 4.69) is 15.0 Å². The highest BCUT2D eigenvalue weighted by atomic mass is 32.1. The molecule has 1 aliphatic rings. The molecule has 0 bridgehead atoms. The van der Waals surface area contributed by atoms with Gasteiger partial charge in [-0.05, 0) is 12.8 Å². The van der Waals surface area contributed by atoms with Crippen LogP contribution in [0.2, 0.25) is 0 Å². The predicted octanol–water partition coefficient (Wildman–Crippen LogP) is 1.48. The topological polar surface area (TPSA) is 88.1 Å². The summed E-state index contributed by atoms with van der Waals surface area (Å²) in [7, 11) is 1.31. The average Bonchev–Trinajstić information content (AvgIpc) is 3.07. The van der Waals surface area contributed by atoms with Gasteiger partial charge >= 0.3 is 0 Å². The van der Waals surface area contributed by atoms with Crippen LogP contribution in [0.3, 0.4) is 0 Å². The van der Waals surface area contributed by atoms with E-state index in [9.17, 15) is 9.90 Å². The SMILES string of the molecule is COc1c(O)nc(-c2nc(C3CC3)cs2)[nH]c1=O. The van der Waals surface area contributed by atoms with Crippen molar-refractivity contribution >= 4 is 11.3 Å². The summed E-state index contributed by atoms with van der Waals surface area (Å²) in [5.74, 6) is 0.223. The highest BCUT2D eigenvalue weighted by Crippen LogP contribution is 2.41. The molecular weight excluding hydrogens is 254 g/mol. The molecule has 0 atom stereocenters. The van der Waals surface area contributed by atoms with Crippen LogP contribution >= 0.6 is 11.3 Å². The molecule has 0 radical (unpaired) electrons. The molecule has 2 heterocycles. The Morgan fingerprint density at radius 3 is 2.89 bits per heavy atom. The average molecular weight is 265 g/mol. The maximum absolute atomic E-state index is 11.6. The van der Waals surface area contributed by atoms with Gasteiger partial charge in [0.2, 0.25) is 5.75 Å².